The van der Waals surface area contributed by atoms with E-state index in [1.54, 1.807) is 30.2 Å². The molecule has 0 saturated carbocycles. The summed E-state index contributed by atoms with van der Waals surface area (Å²) in [7, 11) is -3.79. The number of carbonyl (C=O) groups excluding carboxylic acids is 2. The third-order valence-electron chi connectivity index (χ3n) is 7.27. The van der Waals surface area contributed by atoms with Gasteiger partial charge in [0.15, 0.2) is 0 Å². The van der Waals surface area contributed by atoms with Crippen LogP contribution in [0.3, 0.4) is 0 Å². The molecule has 5 rings (SSSR count). The molecule has 0 atom stereocenters. The molecule has 4 heterocycles. The summed E-state index contributed by atoms with van der Waals surface area (Å²) >= 11 is 0. The van der Waals surface area contributed by atoms with Gasteiger partial charge in [0.2, 0.25) is 5.91 Å². The fraction of sp³-hybridized carbons (Fsp3) is 0.480. The molecule has 2 amide bonds. The SMILES string of the molecule is CC(=O)N1CCC(c2cncc3c2CCN3S(=O)(=O)c2ccc(C(=O)N3CCOCC3)cc2)CC1. The number of hydrogen-bond acceptors (Lipinski definition) is 6. The van der Waals surface area contributed by atoms with Gasteiger partial charge in [0.25, 0.3) is 15.9 Å². The fourth-order valence-corrected chi connectivity index (χ4v) is 6.75. The van der Waals surface area contributed by atoms with E-state index in [0.717, 1.165) is 24.0 Å². The number of aromatic nitrogens is 1. The number of amides is 2. The number of carbonyl (C=O) groups is 2. The number of ether oxygens (including phenoxy) is 1. The minimum Gasteiger partial charge on any atom is -0.378 e. The molecule has 2 aromatic rings. The summed E-state index contributed by atoms with van der Waals surface area (Å²) < 4.78 is 33.8. The third-order valence-corrected chi connectivity index (χ3v) is 9.10. The molecule has 0 unspecified atom stereocenters. The minimum absolute atomic E-state index is 0.0924. The van der Waals surface area contributed by atoms with Crippen LogP contribution < -0.4 is 4.31 Å². The number of piperidine rings is 1. The van der Waals surface area contributed by atoms with Gasteiger partial charge in [-0.2, -0.15) is 0 Å². The number of benzene rings is 1. The molecule has 35 heavy (non-hydrogen) atoms. The molecule has 3 aliphatic heterocycles. The number of rotatable bonds is 4. The van der Waals surface area contributed by atoms with E-state index in [-0.39, 0.29) is 22.6 Å². The Bertz CT molecular complexity index is 1220. The van der Waals surface area contributed by atoms with Crippen molar-refractivity contribution in [3.8, 4) is 0 Å². The van der Waals surface area contributed by atoms with E-state index < -0.39 is 10.0 Å². The smallest absolute Gasteiger partial charge is 0.264 e. The second-order valence-electron chi connectivity index (χ2n) is 9.26. The van der Waals surface area contributed by atoms with Crippen molar-refractivity contribution in [2.75, 3.05) is 50.2 Å². The van der Waals surface area contributed by atoms with Crippen molar-refractivity contribution in [2.24, 2.45) is 0 Å². The highest BCUT2D eigenvalue weighted by Gasteiger charge is 2.35. The molecular weight excluding hydrogens is 468 g/mol. The molecule has 3 aliphatic rings. The fourth-order valence-electron chi connectivity index (χ4n) is 5.27. The topological polar surface area (TPSA) is 100 Å². The highest BCUT2D eigenvalue weighted by molar-refractivity contribution is 7.92. The predicted molar refractivity (Wildman–Crippen MR) is 130 cm³/mol. The number of hydrogen-bond donors (Lipinski definition) is 0. The summed E-state index contributed by atoms with van der Waals surface area (Å²) in [5.74, 6) is 0.240. The second-order valence-corrected chi connectivity index (χ2v) is 11.1. The van der Waals surface area contributed by atoms with E-state index in [2.05, 4.69) is 4.98 Å². The van der Waals surface area contributed by atoms with Crippen molar-refractivity contribution in [1.29, 1.82) is 0 Å². The Morgan fingerprint density at radius 2 is 1.63 bits per heavy atom. The van der Waals surface area contributed by atoms with Crippen LogP contribution in [0.4, 0.5) is 5.69 Å². The maximum Gasteiger partial charge on any atom is 0.264 e. The Hall–Kier alpha value is -2.98. The molecule has 1 aromatic carbocycles. The molecule has 2 saturated heterocycles. The molecule has 1 aromatic heterocycles. The van der Waals surface area contributed by atoms with Gasteiger partial charge >= 0.3 is 0 Å². The maximum absolute atomic E-state index is 13.5. The number of anilines is 1. The normalized spacial score (nSPS) is 19.1. The summed E-state index contributed by atoms with van der Waals surface area (Å²) in [5, 5.41) is 0. The Morgan fingerprint density at radius 1 is 0.943 bits per heavy atom. The number of likely N-dealkylation sites (tertiary alicyclic amines) is 1. The van der Waals surface area contributed by atoms with Crippen LogP contribution >= 0.6 is 0 Å². The van der Waals surface area contributed by atoms with Crippen molar-refractivity contribution in [2.45, 2.75) is 37.0 Å². The molecule has 9 nitrogen and oxygen atoms in total. The Balaban J connectivity index is 1.35. The van der Waals surface area contributed by atoms with E-state index >= 15 is 0 Å². The first kappa shape index (κ1) is 23.7. The van der Waals surface area contributed by atoms with E-state index in [4.69, 9.17) is 4.74 Å². The zero-order valence-corrected chi connectivity index (χ0v) is 20.7. The van der Waals surface area contributed by atoms with Crippen molar-refractivity contribution in [3.63, 3.8) is 0 Å². The number of pyridine rings is 1. The number of nitrogens with zero attached hydrogens (tertiary/aromatic N) is 4. The van der Waals surface area contributed by atoms with Gasteiger partial charge in [-0.1, -0.05) is 0 Å². The van der Waals surface area contributed by atoms with Crippen LogP contribution in [0.5, 0.6) is 0 Å². The average molecular weight is 499 g/mol. The van der Waals surface area contributed by atoms with Crippen LogP contribution in [0.25, 0.3) is 0 Å². The first-order valence-corrected chi connectivity index (χ1v) is 13.5. The van der Waals surface area contributed by atoms with Gasteiger partial charge in [-0.3, -0.25) is 18.9 Å². The zero-order chi connectivity index (χ0) is 24.6. The van der Waals surface area contributed by atoms with E-state index in [9.17, 15) is 18.0 Å². The van der Waals surface area contributed by atoms with E-state index in [1.165, 1.54) is 16.4 Å². The molecule has 0 radical (unpaired) electrons. The number of morpholine rings is 1. The second kappa shape index (κ2) is 9.58. The van der Waals surface area contributed by atoms with Crippen LogP contribution in [0.15, 0.2) is 41.6 Å². The summed E-state index contributed by atoms with van der Waals surface area (Å²) in [6.45, 7) is 5.46. The van der Waals surface area contributed by atoms with Crippen LogP contribution in [0.2, 0.25) is 0 Å². The van der Waals surface area contributed by atoms with Crippen LogP contribution in [0, 0.1) is 0 Å². The van der Waals surface area contributed by atoms with Crippen molar-refractivity contribution < 1.29 is 22.7 Å². The molecular formula is C25H30N4O5S. The van der Waals surface area contributed by atoms with Gasteiger partial charge in [0.05, 0.1) is 30.0 Å². The molecule has 10 heteroatoms. The van der Waals surface area contributed by atoms with Crippen LogP contribution in [-0.2, 0) is 26.0 Å². The van der Waals surface area contributed by atoms with E-state index in [1.807, 2.05) is 11.1 Å². The lowest BCUT2D eigenvalue weighted by Gasteiger charge is -2.32. The first-order valence-electron chi connectivity index (χ1n) is 12.1. The summed E-state index contributed by atoms with van der Waals surface area (Å²) in [6, 6.07) is 6.18. The lowest BCUT2D eigenvalue weighted by atomic mass is 9.87. The monoisotopic (exact) mass is 498 g/mol. The van der Waals surface area contributed by atoms with Crippen molar-refractivity contribution in [3.05, 3.63) is 53.3 Å². The summed E-state index contributed by atoms with van der Waals surface area (Å²) in [5.41, 5.74) is 3.22. The van der Waals surface area contributed by atoms with Crippen molar-refractivity contribution in [1.82, 2.24) is 14.8 Å². The maximum atomic E-state index is 13.5. The predicted octanol–water partition coefficient (Wildman–Crippen LogP) is 2.03. The Kier molecular flexibility index (Phi) is 6.50. The lowest BCUT2D eigenvalue weighted by molar-refractivity contribution is -0.129. The summed E-state index contributed by atoms with van der Waals surface area (Å²) in [4.78, 5) is 32.5. The number of fused-ring (bicyclic) bond motifs is 1. The molecule has 0 bridgehead atoms. The van der Waals surface area contributed by atoms with Gasteiger partial charge in [-0.15, -0.1) is 0 Å². The quantitative estimate of drug-likeness (QED) is 0.640. The summed E-state index contributed by atoms with van der Waals surface area (Å²) in [6.07, 6.45) is 5.82. The van der Waals surface area contributed by atoms with Gasteiger partial charge in [-0.25, -0.2) is 8.42 Å². The standard InChI is InChI=1S/C25H30N4O5S/c1-18(30)27-9-6-19(7-10-27)23-16-26-17-24-22(23)8-11-29(24)35(32,33)21-4-2-20(3-5-21)25(31)28-12-14-34-15-13-28/h2-5,16-17,19H,6-15H2,1H3. The molecule has 0 aliphatic carbocycles. The molecule has 0 N–H and O–H groups in total. The third kappa shape index (κ3) is 4.52. The molecule has 0 spiro atoms. The van der Waals surface area contributed by atoms with Gasteiger partial charge in [0.1, 0.15) is 0 Å². The molecule has 186 valence electrons. The Labute approximate surface area is 205 Å². The highest BCUT2D eigenvalue weighted by Crippen LogP contribution is 2.39. The number of sulfonamides is 1. The zero-order valence-electron chi connectivity index (χ0n) is 19.9. The lowest BCUT2D eigenvalue weighted by Crippen LogP contribution is -2.40. The molecule has 2 fully saturated rings. The first-order chi connectivity index (χ1) is 16.9. The highest BCUT2D eigenvalue weighted by atomic mass is 32.2. The van der Waals surface area contributed by atoms with Gasteiger partial charge in [-0.05, 0) is 60.6 Å². The Morgan fingerprint density at radius 3 is 2.29 bits per heavy atom. The van der Waals surface area contributed by atoms with E-state index in [0.29, 0.717) is 63.6 Å². The van der Waals surface area contributed by atoms with Crippen LogP contribution in [0.1, 0.15) is 47.2 Å². The van der Waals surface area contributed by atoms with Gasteiger partial charge in [0, 0.05) is 51.4 Å². The average Bonchev–Trinajstić information content (AvgIpc) is 3.34. The van der Waals surface area contributed by atoms with Crippen LogP contribution in [-0.4, -0.2) is 81.0 Å². The minimum atomic E-state index is -3.79. The van der Waals surface area contributed by atoms with Crippen molar-refractivity contribution >= 4 is 27.5 Å². The largest absolute Gasteiger partial charge is 0.378 e. The van der Waals surface area contributed by atoms with Gasteiger partial charge < -0.3 is 14.5 Å².